The van der Waals surface area contributed by atoms with E-state index in [9.17, 15) is 0 Å². The van der Waals surface area contributed by atoms with E-state index in [2.05, 4.69) is 265 Å². The highest BCUT2D eigenvalue weighted by atomic mass is 16.5. The van der Waals surface area contributed by atoms with Gasteiger partial charge in [-0.05, 0) is 103 Å². The fraction of sp³-hybridized carbons (Fsp3) is 0.0714. The first-order chi connectivity index (χ1) is 36.9. The van der Waals surface area contributed by atoms with Gasteiger partial charge in [0.1, 0.15) is 23.8 Å². The van der Waals surface area contributed by atoms with Crippen LogP contribution < -0.4 is 14.5 Å². The van der Waals surface area contributed by atoms with Crippen LogP contribution in [0.1, 0.15) is 26.3 Å². The molecular weight excluding hydrogens is 913 g/mol. The maximum absolute atomic E-state index is 7.14. The third-order valence-electron chi connectivity index (χ3n) is 15.8. The SMILES string of the molecule is CC(C)(C)c1ccc2c(c1)c1ccccc1c1cccc3c4ccc(Oc5ccc6c(c5)N5CN(c7c(-c8ccccc8)cccc7-c7ccccc7)c7cccc(c75)-c5ccccc5-6)cc4n(c4ncccc24)c13. The van der Waals surface area contributed by atoms with Gasteiger partial charge < -0.3 is 14.5 Å². The van der Waals surface area contributed by atoms with Gasteiger partial charge in [0.05, 0.1) is 33.8 Å². The third-order valence-corrected chi connectivity index (χ3v) is 15.8. The summed E-state index contributed by atoms with van der Waals surface area (Å²) < 4.78 is 9.52. The number of hydrogen-bond acceptors (Lipinski definition) is 4. The van der Waals surface area contributed by atoms with Crippen molar-refractivity contribution in [2.24, 2.45) is 0 Å². The van der Waals surface area contributed by atoms with E-state index in [-0.39, 0.29) is 5.41 Å². The molecule has 15 rings (SSSR count). The molecular formula is C70H50N4O. The summed E-state index contributed by atoms with van der Waals surface area (Å²) in [6.07, 6.45) is 1.92. The summed E-state index contributed by atoms with van der Waals surface area (Å²) >= 11 is 0. The summed E-state index contributed by atoms with van der Waals surface area (Å²) in [7, 11) is 0. The zero-order valence-corrected chi connectivity index (χ0v) is 41.9. The second-order valence-electron chi connectivity index (χ2n) is 21.1. The fourth-order valence-electron chi connectivity index (χ4n) is 12.3. The monoisotopic (exact) mass is 962 g/mol. The Balaban J connectivity index is 0.925. The molecule has 0 saturated carbocycles. The molecule has 0 unspecified atom stereocenters. The van der Waals surface area contributed by atoms with Gasteiger partial charge in [-0.15, -0.1) is 0 Å². The number of ether oxygens (including phenoxy) is 1. The van der Waals surface area contributed by atoms with Crippen LogP contribution in [0.2, 0.25) is 0 Å². The maximum Gasteiger partial charge on any atom is 0.145 e. The molecule has 5 heteroatoms. The van der Waals surface area contributed by atoms with Gasteiger partial charge in [0, 0.05) is 62.1 Å². The number of anilines is 4. The third kappa shape index (κ3) is 6.67. The Morgan fingerprint density at radius 1 is 0.387 bits per heavy atom. The van der Waals surface area contributed by atoms with E-state index in [4.69, 9.17) is 9.72 Å². The average molecular weight is 963 g/mol. The van der Waals surface area contributed by atoms with Crippen LogP contribution in [-0.4, -0.2) is 16.1 Å². The molecule has 5 nitrogen and oxygen atoms in total. The minimum Gasteiger partial charge on any atom is -0.457 e. The number of rotatable bonds is 5. The highest BCUT2D eigenvalue weighted by Gasteiger charge is 2.37. The van der Waals surface area contributed by atoms with Crippen molar-refractivity contribution in [2.75, 3.05) is 16.5 Å². The molecule has 2 aliphatic heterocycles. The second-order valence-corrected chi connectivity index (χ2v) is 21.1. The van der Waals surface area contributed by atoms with Crippen molar-refractivity contribution in [3.63, 3.8) is 0 Å². The molecule has 0 fully saturated rings. The van der Waals surface area contributed by atoms with Gasteiger partial charge in [0.25, 0.3) is 0 Å². The van der Waals surface area contributed by atoms with Crippen molar-refractivity contribution in [3.05, 3.63) is 242 Å². The van der Waals surface area contributed by atoms with Gasteiger partial charge in [-0.2, -0.15) is 0 Å². The summed E-state index contributed by atoms with van der Waals surface area (Å²) in [5, 5.41) is 9.33. The lowest BCUT2D eigenvalue weighted by atomic mass is 9.85. The molecule has 0 N–H and O–H groups in total. The Bertz CT molecular complexity index is 4470. The second kappa shape index (κ2) is 16.5. The minimum atomic E-state index is -0.0244. The van der Waals surface area contributed by atoms with Gasteiger partial charge in [0.2, 0.25) is 0 Å². The first-order valence-corrected chi connectivity index (χ1v) is 26.0. The molecule has 10 aromatic carbocycles. The Morgan fingerprint density at radius 3 is 1.68 bits per heavy atom. The molecule has 0 aliphatic carbocycles. The summed E-state index contributed by atoms with van der Waals surface area (Å²) in [4.78, 5) is 10.3. The number of benzene rings is 10. The number of nitrogens with zero attached hydrogens (tertiary/aromatic N) is 4. The number of fused-ring (bicyclic) bond motifs is 15. The largest absolute Gasteiger partial charge is 0.457 e. The van der Waals surface area contributed by atoms with E-state index in [1.165, 1.54) is 82.8 Å². The molecule has 75 heavy (non-hydrogen) atoms. The molecule has 13 aromatic rings. The molecule has 0 spiro atoms. The molecule has 0 bridgehead atoms. The molecule has 0 amide bonds. The van der Waals surface area contributed by atoms with Crippen LogP contribution in [0.25, 0.3) is 104 Å². The van der Waals surface area contributed by atoms with Gasteiger partial charge >= 0.3 is 0 Å². The van der Waals surface area contributed by atoms with Gasteiger partial charge in [0.15, 0.2) is 0 Å². The summed E-state index contributed by atoms with van der Waals surface area (Å²) in [5.74, 6) is 1.51. The predicted molar refractivity (Wildman–Crippen MR) is 314 cm³/mol. The maximum atomic E-state index is 7.14. The molecule has 5 heterocycles. The number of para-hydroxylation sites is 3. The topological polar surface area (TPSA) is 33.0 Å². The highest BCUT2D eigenvalue weighted by molar-refractivity contribution is 6.25. The van der Waals surface area contributed by atoms with Crippen molar-refractivity contribution in [2.45, 2.75) is 26.2 Å². The van der Waals surface area contributed by atoms with E-state index in [0.29, 0.717) is 6.67 Å². The van der Waals surface area contributed by atoms with E-state index in [0.717, 1.165) is 61.3 Å². The zero-order chi connectivity index (χ0) is 49.9. The molecule has 0 radical (unpaired) electrons. The van der Waals surface area contributed by atoms with Crippen molar-refractivity contribution in [1.82, 2.24) is 9.38 Å². The number of aromatic nitrogens is 2. The van der Waals surface area contributed by atoms with Crippen LogP contribution in [0.4, 0.5) is 22.7 Å². The van der Waals surface area contributed by atoms with Crippen molar-refractivity contribution < 1.29 is 4.74 Å². The molecule has 0 atom stereocenters. The Morgan fingerprint density at radius 2 is 0.933 bits per heavy atom. The Labute approximate surface area is 435 Å². The lowest BCUT2D eigenvalue weighted by Gasteiger charge is -2.28. The Hall–Kier alpha value is -9.45. The van der Waals surface area contributed by atoms with Crippen LogP contribution >= 0.6 is 0 Å². The lowest BCUT2D eigenvalue weighted by molar-refractivity contribution is 0.483. The van der Waals surface area contributed by atoms with Gasteiger partial charge in [-0.3, -0.25) is 4.40 Å². The van der Waals surface area contributed by atoms with E-state index in [1.54, 1.807) is 0 Å². The van der Waals surface area contributed by atoms with Crippen molar-refractivity contribution in [1.29, 1.82) is 0 Å². The van der Waals surface area contributed by atoms with Gasteiger partial charge in [-0.25, -0.2) is 4.98 Å². The number of hydrogen-bond donors (Lipinski definition) is 0. The fourth-order valence-corrected chi connectivity index (χ4v) is 12.3. The number of pyridine rings is 1. The van der Waals surface area contributed by atoms with Crippen molar-refractivity contribution in [3.8, 4) is 56.0 Å². The summed E-state index contributed by atoms with van der Waals surface area (Å²) in [6, 6.07) is 84.1. The van der Waals surface area contributed by atoms with Crippen LogP contribution in [0.5, 0.6) is 11.5 Å². The molecule has 3 aromatic heterocycles. The van der Waals surface area contributed by atoms with Gasteiger partial charge in [-0.1, -0.05) is 191 Å². The molecule has 2 aliphatic rings. The van der Waals surface area contributed by atoms with Crippen LogP contribution in [0, 0.1) is 0 Å². The normalized spacial score (nSPS) is 12.9. The Kier molecular flexibility index (Phi) is 9.52. The first-order valence-electron chi connectivity index (χ1n) is 26.0. The standard InChI is InChI=1S/C70H50N4O/c1-70(2,3)46-33-36-55-61-31-17-39-71-69(61)74-65-42-48(35-38-57(65)60-29-15-28-58(67(60)74)53-24-12-13-25-54(53)62(55)40-46)75-47-34-37-56-51-22-10-11-23-52(51)59-30-16-32-63-68(59)73(64(56)41-47)43-72(63)66-49(44-18-6-4-7-19-44)26-14-27-50(66)45-20-8-5-9-21-45/h4-42H,43H2,1-3H3. The van der Waals surface area contributed by atoms with E-state index < -0.39 is 0 Å². The average Bonchev–Trinajstić information content (AvgIpc) is 4.04. The predicted octanol–water partition coefficient (Wildman–Crippen LogP) is 19.0. The first kappa shape index (κ1) is 43.2. The smallest absolute Gasteiger partial charge is 0.145 e. The molecule has 356 valence electrons. The lowest BCUT2D eigenvalue weighted by Crippen LogP contribution is -2.25. The molecule has 0 saturated heterocycles. The van der Waals surface area contributed by atoms with Crippen LogP contribution in [0.3, 0.4) is 0 Å². The quantitative estimate of drug-likeness (QED) is 0.172. The van der Waals surface area contributed by atoms with E-state index in [1.807, 2.05) is 6.20 Å². The van der Waals surface area contributed by atoms with E-state index >= 15 is 0 Å². The summed E-state index contributed by atoms with van der Waals surface area (Å²) in [5.41, 5.74) is 18.5. The van der Waals surface area contributed by atoms with Crippen LogP contribution in [0.15, 0.2) is 237 Å². The summed E-state index contributed by atoms with van der Waals surface area (Å²) in [6.45, 7) is 7.47. The minimum absolute atomic E-state index is 0.0244. The van der Waals surface area contributed by atoms with Crippen molar-refractivity contribution >= 4 is 82.5 Å². The zero-order valence-electron chi connectivity index (χ0n) is 41.9. The van der Waals surface area contributed by atoms with Crippen LogP contribution in [-0.2, 0) is 5.41 Å². The highest BCUT2D eigenvalue weighted by Crippen LogP contribution is 2.58.